The lowest BCUT2D eigenvalue weighted by Crippen LogP contribution is -2.52. The molecule has 2 fully saturated rings. The largest absolute Gasteiger partial charge is 0.384 e. The van der Waals surface area contributed by atoms with Gasteiger partial charge in [0.25, 0.3) is 11.5 Å². The monoisotopic (exact) mass is 782 g/mol. The quantitative estimate of drug-likeness (QED) is 0.132. The van der Waals surface area contributed by atoms with Crippen LogP contribution in [0.2, 0.25) is 0 Å². The predicted octanol–water partition coefficient (Wildman–Crippen LogP) is 3.58. The molecular formula is C43H46N10O5. The average molecular weight is 783 g/mol. The number of aliphatic hydroxyl groups is 1. The molecule has 3 aromatic heterocycles. The molecule has 9 rings (SSSR count). The van der Waals surface area contributed by atoms with E-state index in [9.17, 15) is 24.3 Å². The number of nitrogens with zero attached hydrogens (tertiary/aromatic N) is 8. The van der Waals surface area contributed by atoms with Gasteiger partial charge in [0.15, 0.2) is 11.5 Å². The van der Waals surface area contributed by atoms with Crippen molar-refractivity contribution in [3.63, 3.8) is 0 Å². The minimum absolute atomic E-state index is 0.153. The van der Waals surface area contributed by atoms with E-state index in [0.29, 0.717) is 59.9 Å². The molecule has 1 aliphatic carbocycles. The maximum atomic E-state index is 13.5. The number of aryl methyl sites for hydroxylation is 1. The number of imide groups is 1. The fourth-order valence-corrected chi connectivity index (χ4v) is 8.86. The van der Waals surface area contributed by atoms with Crippen LogP contribution in [0.25, 0.3) is 16.9 Å². The highest BCUT2D eigenvalue weighted by atomic mass is 16.3. The average Bonchev–Trinajstić information content (AvgIpc) is 3.85. The van der Waals surface area contributed by atoms with Crippen LogP contribution in [0.5, 0.6) is 0 Å². The fourth-order valence-electron chi connectivity index (χ4n) is 8.86. The first-order chi connectivity index (χ1) is 28.1. The summed E-state index contributed by atoms with van der Waals surface area (Å²) >= 11 is 0. The van der Waals surface area contributed by atoms with Gasteiger partial charge in [-0.3, -0.25) is 29.4 Å². The van der Waals surface area contributed by atoms with Gasteiger partial charge in [0.05, 0.1) is 12.2 Å². The van der Waals surface area contributed by atoms with Crippen molar-refractivity contribution in [2.75, 3.05) is 42.9 Å². The summed E-state index contributed by atoms with van der Waals surface area (Å²) in [4.78, 5) is 71.6. The van der Waals surface area contributed by atoms with Crippen LogP contribution in [-0.2, 0) is 41.1 Å². The summed E-state index contributed by atoms with van der Waals surface area (Å²) < 4.78 is 3.23. The van der Waals surface area contributed by atoms with Gasteiger partial charge in [-0.25, -0.2) is 19.3 Å². The van der Waals surface area contributed by atoms with Gasteiger partial charge in [-0.15, -0.1) is 6.58 Å². The van der Waals surface area contributed by atoms with Crippen molar-refractivity contribution in [1.29, 1.82) is 0 Å². The molecular weight excluding hydrogens is 737 g/mol. The van der Waals surface area contributed by atoms with Crippen LogP contribution >= 0.6 is 0 Å². The van der Waals surface area contributed by atoms with Gasteiger partial charge in [-0.2, -0.15) is 4.98 Å². The van der Waals surface area contributed by atoms with Crippen molar-refractivity contribution in [3.05, 3.63) is 112 Å². The number of pyridine rings is 1. The molecule has 0 radical (unpaired) electrons. The number of carbonyl (C=O) groups is 3. The highest BCUT2D eigenvalue weighted by Crippen LogP contribution is 2.39. The standard InChI is InChI=1S/C43H46N10O5/c1-3-19-52-41(57)31-25-44-42(48-38(31)53(52)35-14-10-28-16-18-43(58,4-2)37(28)46-35)45-29-11-8-27(9-12-29)17-20-49-21-23-50(24-22-49)33-7-5-6-30-32(33)26-51(40(30)56)34-13-15-36(54)47-39(34)55/h3,5-12,14,25,34,58H,1,4,13,15-24,26H2,2H3,(H,44,45,48)(H,47,54,55)/t34?,43-/m1/s1. The Morgan fingerprint density at radius 1 is 1.00 bits per heavy atom. The molecule has 2 saturated heterocycles. The molecule has 4 aliphatic rings. The number of anilines is 3. The highest BCUT2D eigenvalue weighted by Gasteiger charge is 2.41. The second-order valence-electron chi connectivity index (χ2n) is 15.6. The van der Waals surface area contributed by atoms with E-state index in [-0.39, 0.29) is 30.3 Å². The van der Waals surface area contributed by atoms with Crippen LogP contribution in [-0.4, -0.2) is 95.7 Å². The first-order valence-electron chi connectivity index (χ1n) is 20.1. The van der Waals surface area contributed by atoms with Crippen LogP contribution in [0.15, 0.2) is 78.2 Å². The third kappa shape index (κ3) is 6.63. The molecule has 3 amide bonds. The molecule has 5 aromatic rings. The second-order valence-corrected chi connectivity index (χ2v) is 15.6. The Kier molecular flexibility index (Phi) is 9.64. The van der Waals surface area contributed by atoms with Gasteiger partial charge < -0.3 is 20.2 Å². The zero-order chi connectivity index (χ0) is 40.1. The lowest BCUT2D eigenvalue weighted by Gasteiger charge is -2.37. The van der Waals surface area contributed by atoms with Crippen LogP contribution in [0.4, 0.5) is 17.3 Å². The number of rotatable bonds is 11. The number of nitrogens with one attached hydrogen (secondary N) is 2. The molecule has 0 spiro atoms. The fraction of sp³-hybridized carbons (Fsp3) is 0.372. The Balaban J connectivity index is 0.837. The zero-order valence-electron chi connectivity index (χ0n) is 32.5. The lowest BCUT2D eigenvalue weighted by atomic mass is 9.98. The topological polar surface area (TPSA) is 171 Å². The molecule has 2 atom stereocenters. The van der Waals surface area contributed by atoms with Gasteiger partial charge in [0.1, 0.15) is 17.0 Å². The molecule has 58 heavy (non-hydrogen) atoms. The van der Waals surface area contributed by atoms with Gasteiger partial charge in [0.2, 0.25) is 17.8 Å². The third-order valence-corrected chi connectivity index (χ3v) is 12.2. The van der Waals surface area contributed by atoms with Crippen molar-refractivity contribution in [3.8, 4) is 5.82 Å². The SMILES string of the molecule is C=CCn1c(=O)c2cnc(Nc3ccc(CCN4CCN(c5cccc6c5CN(C5CCC(=O)NC5=O)C6=O)CC4)cc3)nc2n1-c1ccc2c(n1)[C@@](O)(CC)CC2. The maximum Gasteiger partial charge on any atom is 0.278 e. The summed E-state index contributed by atoms with van der Waals surface area (Å²) in [6.07, 6.45) is 6.57. The van der Waals surface area contributed by atoms with Crippen molar-refractivity contribution in [2.45, 2.75) is 70.2 Å². The second kappa shape index (κ2) is 15.0. The van der Waals surface area contributed by atoms with Crippen LogP contribution < -0.4 is 21.1 Å². The van der Waals surface area contributed by atoms with Crippen molar-refractivity contribution >= 4 is 46.1 Å². The first-order valence-corrected chi connectivity index (χ1v) is 20.1. The van der Waals surface area contributed by atoms with E-state index in [1.165, 1.54) is 16.4 Å². The molecule has 15 nitrogen and oxygen atoms in total. The summed E-state index contributed by atoms with van der Waals surface area (Å²) in [5, 5.41) is 17.3. The number of piperidine rings is 1. The van der Waals surface area contributed by atoms with Crippen molar-refractivity contribution in [2.24, 2.45) is 0 Å². The molecule has 0 saturated carbocycles. The van der Waals surface area contributed by atoms with E-state index in [1.807, 2.05) is 43.3 Å². The van der Waals surface area contributed by atoms with Crippen LogP contribution in [0, 0.1) is 0 Å². The number of hydrogen-bond donors (Lipinski definition) is 3. The molecule has 3 aliphatic heterocycles. The Bertz CT molecular complexity index is 2520. The van der Waals surface area contributed by atoms with E-state index in [2.05, 4.69) is 50.2 Å². The summed E-state index contributed by atoms with van der Waals surface area (Å²) in [7, 11) is 0. The Labute approximate surface area is 335 Å². The smallest absolute Gasteiger partial charge is 0.278 e. The van der Waals surface area contributed by atoms with Gasteiger partial charge >= 0.3 is 0 Å². The highest BCUT2D eigenvalue weighted by molar-refractivity contribution is 6.06. The van der Waals surface area contributed by atoms with Crippen LogP contribution in [0.1, 0.15) is 65.3 Å². The number of allylic oxidation sites excluding steroid dienone is 1. The number of amides is 3. The van der Waals surface area contributed by atoms with Gasteiger partial charge in [-0.1, -0.05) is 37.3 Å². The first kappa shape index (κ1) is 37.4. The maximum absolute atomic E-state index is 13.5. The van der Waals surface area contributed by atoms with Gasteiger partial charge in [-0.05, 0) is 73.6 Å². The molecule has 6 heterocycles. The summed E-state index contributed by atoms with van der Waals surface area (Å²) in [6, 6.07) is 17.2. The Morgan fingerprint density at radius 3 is 2.57 bits per heavy atom. The molecule has 15 heteroatoms. The summed E-state index contributed by atoms with van der Waals surface area (Å²) in [5.74, 6) is -0.00657. The van der Waals surface area contributed by atoms with Crippen molar-refractivity contribution < 1.29 is 19.5 Å². The number of fused-ring (bicyclic) bond motifs is 3. The normalized spacial score (nSPS) is 20.7. The van der Waals surface area contributed by atoms with E-state index in [4.69, 9.17) is 9.97 Å². The van der Waals surface area contributed by atoms with E-state index >= 15 is 0 Å². The van der Waals surface area contributed by atoms with E-state index in [1.54, 1.807) is 15.7 Å². The molecule has 3 N–H and O–H groups in total. The number of carbonyl (C=O) groups excluding carboxylic acids is 3. The summed E-state index contributed by atoms with van der Waals surface area (Å²) in [5.41, 5.74) is 5.45. The third-order valence-electron chi connectivity index (χ3n) is 12.2. The van der Waals surface area contributed by atoms with E-state index < -0.39 is 17.6 Å². The molecule has 0 bridgehead atoms. The number of hydrogen-bond acceptors (Lipinski definition) is 11. The number of aromatic nitrogens is 5. The Morgan fingerprint density at radius 2 is 1.81 bits per heavy atom. The number of piperazine rings is 1. The molecule has 2 aromatic carbocycles. The molecule has 1 unspecified atom stereocenters. The zero-order valence-corrected chi connectivity index (χ0v) is 32.5. The molecule has 298 valence electrons. The Hall–Kier alpha value is -6.19. The minimum atomic E-state index is -1.00. The predicted molar refractivity (Wildman–Crippen MR) is 218 cm³/mol. The van der Waals surface area contributed by atoms with E-state index in [0.717, 1.165) is 68.1 Å². The lowest BCUT2D eigenvalue weighted by molar-refractivity contribution is -0.136. The van der Waals surface area contributed by atoms with Gasteiger partial charge in [0, 0.05) is 74.4 Å². The summed E-state index contributed by atoms with van der Waals surface area (Å²) in [6.45, 7) is 10.7. The minimum Gasteiger partial charge on any atom is -0.384 e. The van der Waals surface area contributed by atoms with Crippen molar-refractivity contribution in [1.82, 2.24) is 39.4 Å². The van der Waals surface area contributed by atoms with Crippen LogP contribution in [0.3, 0.4) is 0 Å². The number of benzene rings is 2.